The Labute approximate surface area is 497 Å². The van der Waals surface area contributed by atoms with Crippen molar-refractivity contribution in [1.29, 1.82) is 5.26 Å². The minimum atomic E-state index is -1.84. The van der Waals surface area contributed by atoms with Gasteiger partial charge < -0.3 is 32.7 Å². The fourth-order valence-electron chi connectivity index (χ4n) is 11.1. The number of anilines is 1. The molecule has 5 aromatic rings. The number of benzene rings is 3. The van der Waals surface area contributed by atoms with Crippen LogP contribution in [0.3, 0.4) is 0 Å². The molecular formula is C66H98N7O9P. The van der Waals surface area contributed by atoms with Crippen molar-refractivity contribution in [2.24, 2.45) is 5.92 Å². The summed E-state index contributed by atoms with van der Waals surface area (Å²) in [5, 5.41) is 12.5. The monoisotopic (exact) mass is 1160 g/mol. The molecule has 0 radical (unpaired) electrons. The van der Waals surface area contributed by atoms with Gasteiger partial charge in [-0.25, -0.2) is 9.65 Å². The first-order chi connectivity index (χ1) is 40.4. The molecule has 1 saturated heterocycles. The number of imidazole rings is 1. The predicted octanol–water partition coefficient (Wildman–Crippen LogP) is 15.5. The molecule has 456 valence electrons. The van der Waals surface area contributed by atoms with Crippen molar-refractivity contribution in [2.75, 3.05) is 39.4 Å². The third-order valence-corrected chi connectivity index (χ3v) is 17.7. The molecule has 3 heterocycles. The Kier molecular flexibility index (Phi) is 28.9. The molecule has 1 aliphatic rings. The zero-order chi connectivity index (χ0) is 59.4. The van der Waals surface area contributed by atoms with Crippen LogP contribution in [-0.2, 0) is 33.7 Å². The number of rotatable bonds is 41. The lowest BCUT2D eigenvalue weighted by Gasteiger charge is -2.39. The summed E-state index contributed by atoms with van der Waals surface area (Å²) >= 11 is 0. The van der Waals surface area contributed by atoms with Crippen molar-refractivity contribution in [3.8, 4) is 17.6 Å². The highest BCUT2D eigenvalue weighted by molar-refractivity contribution is 7.44. The van der Waals surface area contributed by atoms with Gasteiger partial charge in [-0.1, -0.05) is 197 Å². The molecule has 1 amide bonds. The number of carbonyl (C=O) groups excluding carboxylic acids is 1. The van der Waals surface area contributed by atoms with Crippen LogP contribution in [0.25, 0.3) is 11.2 Å². The Balaban J connectivity index is 1.28. The highest BCUT2D eigenvalue weighted by atomic mass is 31.2. The van der Waals surface area contributed by atoms with Crippen molar-refractivity contribution < 1.29 is 37.5 Å². The molecule has 2 N–H and O–H groups in total. The smallest absolute Gasteiger partial charge is 0.280 e. The van der Waals surface area contributed by atoms with Crippen LogP contribution in [0.4, 0.5) is 5.95 Å². The molecule has 3 aromatic carbocycles. The van der Waals surface area contributed by atoms with E-state index in [-0.39, 0.29) is 60.7 Å². The molecule has 0 saturated carbocycles. The number of aromatic amines is 1. The van der Waals surface area contributed by atoms with Crippen LogP contribution >= 0.6 is 8.53 Å². The van der Waals surface area contributed by atoms with E-state index in [1.165, 1.54) is 115 Å². The molecule has 16 nitrogen and oxygen atoms in total. The first-order valence-corrected chi connectivity index (χ1v) is 32.3. The summed E-state index contributed by atoms with van der Waals surface area (Å²) in [6.07, 6.45) is 24.0. The lowest BCUT2D eigenvalue weighted by atomic mass is 9.80. The first kappa shape index (κ1) is 66.9. The van der Waals surface area contributed by atoms with Crippen LogP contribution in [0.2, 0.25) is 0 Å². The summed E-state index contributed by atoms with van der Waals surface area (Å²) in [6, 6.07) is 28.0. The Morgan fingerprint density at radius 1 is 0.723 bits per heavy atom. The third kappa shape index (κ3) is 19.6. The second-order valence-corrected chi connectivity index (χ2v) is 24.3. The summed E-state index contributed by atoms with van der Waals surface area (Å²) in [5.74, 6) is 0.693. The first-order valence-electron chi connectivity index (χ1n) is 31.1. The van der Waals surface area contributed by atoms with E-state index in [0.717, 1.165) is 36.0 Å². The van der Waals surface area contributed by atoms with E-state index < -0.39 is 44.2 Å². The number of nitrogens with one attached hydrogen (secondary N) is 2. The highest BCUT2D eigenvalue weighted by Gasteiger charge is 2.52. The van der Waals surface area contributed by atoms with E-state index >= 15 is 0 Å². The minimum Gasteiger partial charge on any atom is -0.497 e. The largest absolute Gasteiger partial charge is 0.497 e. The van der Waals surface area contributed by atoms with Crippen molar-refractivity contribution in [2.45, 2.75) is 226 Å². The molecule has 5 atom stereocenters. The molecule has 0 aliphatic carbocycles. The van der Waals surface area contributed by atoms with Gasteiger partial charge in [0.05, 0.1) is 46.3 Å². The summed E-state index contributed by atoms with van der Waals surface area (Å²) in [7, 11) is 1.44. The molecule has 2 unspecified atom stereocenters. The van der Waals surface area contributed by atoms with Gasteiger partial charge in [0.25, 0.3) is 14.1 Å². The van der Waals surface area contributed by atoms with Gasteiger partial charge in [0, 0.05) is 24.6 Å². The Morgan fingerprint density at radius 3 is 1.71 bits per heavy atom. The van der Waals surface area contributed by atoms with Crippen LogP contribution in [0.1, 0.15) is 206 Å². The van der Waals surface area contributed by atoms with Gasteiger partial charge in [-0.05, 0) is 75.1 Å². The van der Waals surface area contributed by atoms with E-state index in [1.807, 2.05) is 66.7 Å². The second-order valence-electron chi connectivity index (χ2n) is 22.9. The second kappa shape index (κ2) is 35.9. The quantitative estimate of drug-likeness (QED) is 0.0214. The number of methoxy groups -OCH3 is 2. The number of nitrogens with zero attached hydrogens (tertiary/aromatic N) is 5. The van der Waals surface area contributed by atoms with Crippen LogP contribution in [0.15, 0.2) is 90.0 Å². The van der Waals surface area contributed by atoms with E-state index in [1.54, 1.807) is 32.6 Å². The molecule has 17 heteroatoms. The van der Waals surface area contributed by atoms with Gasteiger partial charge >= 0.3 is 0 Å². The standard InChI is InChI=1S/C66H98N7O9P/c1-10-11-12-13-14-15-16-17-18-19-20-21-22-23-24-25-26-27-28-32-45-78-60-59(82-83(80-46-33-44-67)73(50(4)5)51(6)7)57(81-64(60)72-48-68-58-61(72)69-65(71-63(58)75)70-62(74)49(2)3)47-79-66(52-34-30-29-31-35-52,53-36-40-55(76-8)41-37-53)54-38-42-56(77-9)43-39-54/h29-31,34-43,48-51,57,59-60,64H,10-28,32-33,45-47H2,1-9H3,(H2,69,70,71,74,75)/t57-,59?,60+,64-,83?/m1/s1. The number of H-pyrrole nitrogens is 1. The lowest BCUT2D eigenvalue weighted by molar-refractivity contribution is -0.118. The fraction of sp³-hybridized carbons (Fsp3) is 0.621. The SMILES string of the molecule is CCCCCCCCCCCCCCCCCCCCCCO[C@H]1C(OP(OCCC#N)N(C(C)C)C(C)C)[C@@H](COC(c2ccccc2)(c2ccc(OC)cc2)c2ccc(OC)cc2)O[C@H]1n1cnc2c(=O)[nH]c(NC(=O)C(C)C)nc21. The summed E-state index contributed by atoms with van der Waals surface area (Å²) in [5.41, 5.74) is 1.05. The van der Waals surface area contributed by atoms with Crippen LogP contribution in [0.5, 0.6) is 11.5 Å². The normalized spacial score (nSPS) is 16.8. The van der Waals surface area contributed by atoms with Gasteiger partial charge in [0.15, 0.2) is 17.4 Å². The molecule has 6 rings (SSSR count). The topological polar surface area (TPSA) is 184 Å². The van der Waals surface area contributed by atoms with Crippen molar-refractivity contribution in [1.82, 2.24) is 24.2 Å². The number of fused-ring (bicyclic) bond motifs is 1. The molecule has 83 heavy (non-hydrogen) atoms. The number of carbonyl (C=O) groups is 1. The van der Waals surface area contributed by atoms with Crippen LogP contribution < -0.4 is 20.3 Å². The Bertz CT molecular complexity index is 2660. The van der Waals surface area contributed by atoms with Gasteiger partial charge in [-0.15, -0.1) is 0 Å². The number of hydrogen-bond donors (Lipinski definition) is 2. The molecule has 2 aromatic heterocycles. The van der Waals surface area contributed by atoms with E-state index in [0.29, 0.717) is 18.1 Å². The Hall–Kier alpha value is -5.24. The minimum absolute atomic E-state index is 0.00591. The van der Waals surface area contributed by atoms with Crippen molar-refractivity contribution in [3.63, 3.8) is 0 Å². The number of aromatic nitrogens is 4. The maximum atomic E-state index is 13.7. The highest BCUT2D eigenvalue weighted by Crippen LogP contribution is 2.52. The van der Waals surface area contributed by atoms with E-state index in [4.69, 9.17) is 37.7 Å². The zero-order valence-electron chi connectivity index (χ0n) is 51.5. The molecule has 1 aliphatic heterocycles. The van der Waals surface area contributed by atoms with E-state index in [9.17, 15) is 14.9 Å². The number of hydrogen-bond acceptors (Lipinski definition) is 13. The third-order valence-electron chi connectivity index (χ3n) is 15.6. The molecule has 1 fully saturated rings. The summed E-state index contributed by atoms with van der Waals surface area (Å²) < 4.78 is 51.2. The van der Waals surface area contributed by atoms with Crippen LogP contribution in [-0.4, -0.2) is 94.5 Å². The lowest BCUT2D eigenvalue weighted by Crippen LogP contribution is -2.43. The van der Waals surface area contributed by atoms with Gasteiger partial charge in [0.1, 0.15) is 35.4 Å². The average Bonchev–Trinajstić information content (AvgIpc) is 3.30. The van der Waals surface area contributed by atoms with Gasteiger partial charge in [-0.3, -0.25) is 24.5 Å². The summed E-state index contributed by atoms with van der Waals surface area (Å²) in [6.45, 7) is 14.7. The predicted molar refractivity (Wildman–Crippen MR) is 332 cm³/mol. The number of ether oxygens (including phenoxy) is 5. The zero-order valence-corrected chi connectivity index (χ0v) is 52.3. The maximum Gasteiger partial charge on any atom is 0.280 e. The molecular weight excluding hydrogens is 1070 g/mol. The molecule has 0 bridgehead atoms. The number of amides is 1. The number of unbranched alkanes of at least 4 members (excludes halogenated alkanes) is 19. The maximum absolute atomic E-state index is 13.7. The van der Waals surface area contributed by atoms with Gasteiger partial charge in [-0.2, -0.15) is 10.2 Å². The average molecular weight is 1160 g/mol. The van der Waals surface area contributed by atoms with Gasteiger partial charge in [0.2, 0.25) is 11.9 Å². The van der Waals surface area contributed by atoms with E-state index in [2.05, 4.69) is 72.8 Å². The Morgan fingerprint density at radius 2 is 1.23 bits per heavy atom. The molecule has 0 spiro atoms. The van der Waals surface area contributed by atoms with Crippen molar-refractivity contribution in [3.05, 3.63) is 112 Å². The summed E-state index contributed by atoms with van der Waals surface area (Å²) in [4.78, 5) is 38.8. The van der Waals surface area contributed by atoms with Crippen molar-refractivity contribution >= 4 is 31.5 Å². The fourth-order valence-corrected chi connectivity index (χ4v) is 12.8. The number of nitriles is 1. The van der Waals surface area contributed by atoms with Crippen LogP contribution in [0, 0.1) is 17.2 Å².